The molecule has 0 amide bonds. The Morgan fingerprint density at radius 3 is 2.63 bits per heavy atom. The largest absolute Gasteiger partial charge is 1.00 e. The van der Waals surface area contributed by atoms with E-state index in [-0.39, 0.29) is 35.5 Å². The molecule has 0 spiro atoms. The van der Waals surface area contributed by atoms with Gasteiger partial charge < -0.3 is 9.84 Å². The molecule has 0 saturated heterocycles. The van der Waals surface area contributed by atoms with Crippen LogP contribution in [0.5, 0.6) is 0 Å². The van der Waals surface area contributed by atoms with Gasteiger partial charge in [0.15, 0.2) is 0 Å². The first kappa shape index (κ1) is 17.9. The van der Waals surface area contributed by atoms with Gasteiger partial charge in [-0.3, -0.25) is 4.79 Å². The van der Waals surface area contributed by atoms with Crippen LogP contribution in [-0.2, 0) is 14.3 Å². The molecule has 0 saturated carbocycles. The minimum atomic E-state index is -1.09. The van der Waals surface area contributed by atoms with Crippen molar-refractivity contribution in [3.8, 4) is 0 Å². The third-order valence-electron chi connectivity index (χ3n) is 1.94. The molecule has 1 rings (SSSR count). The molecule has 7 heteroatoms. The van der Waals surface area contributed by atoms with Crippen molar-refractivity contribution in [3.05, 3.63) is 40.1 Å². The van der Waals surface area contributed by atoms with Crippen LogP contribution in [0.25, 0.3) is 5.76 Å². The Morgan fingerprint density at radius 1 is 1.47 bits per heavy atom. The first-order valence-corrected chi connectivity index (χ1v) is 5.80. The molecular formula is C12H9BrFLiO4. The van der Waals surface area contributed by atoms with Crippen molar-refractivity contribution in [1.29, 1.82) is 0 Å². The van der Waals surface area contributed by atoms with Crippen LogP contribution in [0.3, 0.4) is 0 Å². The van der Waals surface area contributed by atoms with Gasteiger partial charge in [0.2, 0.25) is 0 Å². The molecule has 0 aliphatic heterocycles. The van der Waals surface area contributed by atoms with E-state index in [0.717, 1.165) is 6.07 Å². The molecule has 0 atom stereocenters. The Kier molecular flexibility index (Phi) is 7.68. The number of carbonyl (C=O) groups is 2. The smallest absolute Gasteiger partial charge is 0.872 e. The summed E-state index contributed by atoms with van der Waals surface area (Å²) in [6, 6.07) is 3.53. The van der Waals surface area contributed by atoms with Crippen molar-refractivity contribution in [1.82, 2.24) is 0 Å². The fraction of sp³-hybridized carbons (Fsp3) is 0.167. The molecule has 0 bridgehead atoms. The van der Waals surface area contributed by atoms with E-state index < -0.39 is 23.3 Å². The molecule has 0 aromatic heterocycles. The summed E-state index contributed by atoms with van der Waals surface area (Å²) in [6.45, 7) is 1.60. The number of benzene rings is 1. The number of esters is 1. The van der Waals surface area contributed by atoms with Crippen molar-refractivity contribution >= 4 is 33.4 Å². The topological polar surface area (TPSA) is 66.4 Å². The van der Waals surface area contributed by atoms with Gasteiger partial charge in [0.05, 0.1) is 11.1 Å². The van der Waals surface area contributed by atoms with Crippen molar-refractivity contribution in [2.24, 2.45) is 0 Å². The molecule has 1 aromatic carbocycles. The van der Waals surface area contributed by atoms with Crippen LogP contribution < -0.4 is 24.0 Å². The minimum absolute atomic E-state index is 0. The van der Waals surface area contributed by atoms with Gasteiger partial charge in [-0.1, -0.05) is 11.8 Å². The van der Waals surface area contributed by atoms with E-state index in [1.54, 1.807) is 6.92 Å². The van der Waals surface area contributed by atoms with Crippen molar-refractivity contribution < 1.29 is 42.7 Å². The third-order valence-corrected chi connectivity index (χ3v) is 2.55. The number of rotatable bonds is 4. The number of halogens is 2. The number of ketones is 1. The van der Waals surface area contributed by atoms with E-state index >= 15 is 0 Å². The van der Waals surface area contributed by atoms with E-state index in [0.29, 0.717) is 6.08 Å². The fourth-order valence-electron chi connectivity index (χ4n) is 1.11. The molecule has 1 aromatic rings. The van der Waals surface area contributed by atoms with Gasteiger partial charge in [-0.05, 0) is 46.6 Å². The maximum Gasteiger partial charge on any atom is 1.00 e. The number of hydrogen-bond donors (Lipinski definition) is 0. The molecule has 4 nitrogen and oxygen atoms in total. The molecule has 0 unspecified atom stereocenters. The average molecular weight is 323 g/mol. The van der Waals surface area contributed by atoms with E-state index in [2.05, 4.69) is 20.7 Å². The molecule has 0 aliphatic carbocycles. The van der Waals surface area contributed by atoms with Crippen LogP contribution >= 0.6 is 15.9 Å². The van der Waals surface area contributed by atoms with Crippen molar-refractivity contribution in [3.63, 3.8) is 0 Å². The summed E-state index contributed by atoms with van der Waals surface area (Å²) in [6.07, 6.45) is 0.623. The zero-order valence-corrected chi connectivity index (χ0v) is 12.0. The Bertz CT molecular complexity index is 516. The first-order chi connectivity index (χ1) is 8.45. The van der Waals surface area contributed by atoms with Crippen LogP contribution in [0.4, 0.5) is 4.39 Å². The van der Waals surface area contributed by atoms with Gasteiger partial charge in [0.25, 0.3) is 5.78 Å². The Labute approximate surface area is 129 Å². The molecule has 0 aliphatic rings. The van der Waals surface area contributed by atoms with E-state index in [1.165, 1.54) is 12.1 Å². The van der Waals surface area contributed by atoms with E-state index in [4.69, 9.17) is 0 Å². The van der Waals surface area contributed by atoms with Crippen molar-refractivity contribution in [2.75, 3.05) is 6.61 Å². The van der Waals surface area contributed by atoms with Crippen LogP contribution in [0.15, 0.2) is 28.7 Å². The zero-order valence-electron chi connectivity index (χ0n) is 10.4. The SMILES string of the molecule is CCOC(=O)C(=O)/C=C(\[O-])c1ccc(F)c(Br)c1.[Li+]. The molecule has 96 valence electrons. The van der Waals surface area contributed by atoms with Crippen LogP contribution in [0.1, 0.15) is 12.5 Å². The second-order valence-electron chi connectivity index (χ2n) is 3.22. The van der Waals surface area contributed by atoms with Gasteiger partial charge >= 0.3 is 24.8 Å². The van der Waals surface area contributed by atoms with Gasteiger partial charge in [0.1, 0.15) is 5.82 Å². The third kappa shape index (κ3) is 5.19. The van der Waals surface area contributed by atoms with Gasteiger partial charge in [-0.15, -0.1) is 0 Å². The van der Waals surface area contributed by atoms with Crippen LogP contribution in [0.2, 0.25) is 0 Å². The Hall–Kier alpha value is -1.09. The predicted octanol–water partition coefficient (Wildman–Crippen LogP) is -1.57. The van der Waals surface area contributed by atoms with Crippen LogP contribution in [-0.4, -0.2) is 18.4 Å². The maximum atomic E-state index is 12.9. The molecule has 0 fully saturated rings. The summed E-state index contributed by atoms with van der Waals surface area (Å²) in [5.41, 5.74) is 0.0981. The summed E-state index contributed by atoms with van der Waals surface area (Å²) in [5.74, 6) is -3.34. The number of carbonyl (C=O) groups excluding carboxylic acids is 2. The Morgan fingerprint density at radius 2 is 2.11 bits per heavy atom. The quantitative estimate of drug-likeness (QED) is 0.221. The standard InChI is InChI=1S/C12H10BrFO4.Li/c1-2-18-12(17)11(16)6-10(15)7-3-4-9(14)8(13)5-7;/h3-6,15H,2H2,1H3;/q;+1/p-1/b10-6-;. The van der Waals surface area contributed by atoms with Gasteiger partial charge in [-0.2, -0.15) is 0 Å². The summed E-state index contributed by atoms with van der Waals surface area (Å²) >= 11 is 2.92. The van der Waals surface area contributed by atoms with E-state index in [1.807, 2.05) is 0 Å². The predicted molar refractivity (Wildman–Crippen MR) is 63.7 cm³/mol. The average Bonchev–Trinajstić information content (AvgIpc) is 2.32. The Balaban J connectivity index is 0.00000324. The van der Waals surface area contributed by atoms with E-state index in [9.17, 15) is 19.1 Å². The summed E-state index contributed by atoms with van der Waals surface area (Å²) in [4.78, 5) is 22.2. The number of hydrogen-bond acceptors (Lipinski definition) is 4. The molecule has 0 radical (unpaired) electrons. The monoisotopic (exact) mass is 322 g/mol. The molecule has 19 heavy (non-hydrogen) atoms. The number of ether oxygens (including phenoxy) is 1. The summed E-state index contributed by atoms with van der Waals surface area (Å²) < 4.78 is 17.5. The maximum absolute atomic E-state index is 12.9. The van der Waals surface area contributed by atoms with Crippen LogP contribution in [0, 0.1) is 5.82 Å². The molecule has 0 N–H and O–H groups in total. The molecular weight excluding hydrogens is 314 g/mol. The second kappa shape index (κ2) is 8.15. The summed E-state index contributed by atoms with van der Waals surface area (Å²) in [5, 5.41) is 11.6. The molecule has 0 heterocycles. The summed E-state index contributed by atoms with van der Waals surface area (Å²) in [7, 11) is 0. The van der Waals surface area contributed by atoms with Gasteiger partial charge in [-0.25, -0.2) is 9.18 Å². The fourth-order valence-corrected chi connectivity index (χ4v) is 1.49. The van der Waals surface area contributed by atoms with Crippen molar-refractivity contribution in [2.45, 2.75) is 6.92 Å². The van der Waals surface area contributed by atoms with Gasteiger partial charge in [0, 0.05) is 0 Å². The first-order valence-electron chi connectivity index (χ1n) is 5.01. The second-order valence-corrected chi connectivity index (χ2v) is 4.08. The minimum Gasteiger partial charge on any atom is -0.872 e. The normalized spacial score (nSPS) is 10.6. The zero-order chi connectivity index (χ0) is 13.7.